The molecule has 0 bridgehead atoms. The topological polar surface area (TPSA) is 133 Å². The molecular formula is C11H9FN2O7. The van der Waals surface area contributed by atoms with Crippen molar-refractivity contribution in [3.05, 3.63) is 49.8 Å². The van der Waals surface area contributed by atoms with E-state index in [0.29, 0.717) is 18.2 Å². The SMILES string of the molecule is CCOC(=O)/C=C(\O)c1cc(F)c([N+](=O)[O-])cc1[N+](=O)[O-]. The lowest BCUT2D eigenvalue weighted by Gasteiger charge is -2.03. The summed E-state index contributed by atoms with van der Waals surface area (Å²) in [6.45, 7) is 1.50. The molecule has 0 spiro atoms. The molecular weight excluding hydrogens is 291 g/mol. The zero-order valence-electron chi connectivity index (χ0n) is 10.6. The van der Waals surface area contributed by atoms with E-state index in [1.165, 1.54) is 6.92 Å². The van der Waals surface area contributed by atoms with Crippen LogP contribution >= 0.6 is 0 Å². The third-order valence-electron chi connectivity index (χ3n) is 2.28. The molecule has 0 saturated heterocycles. The summed E-state index contributed by atoms with van der Waals surface area (Å²) in [5.41, 5.74) is -2.70. The first-order valence-corrected chi connectivity index (χ1v) is 5.48. The van der Waals surface area contributed by atoms with Crippen LogP contribution in [0.1, 0.15) is 12.5 Å². The first-order chi connectivity index (χ1) is 9.77. The number of hydrogen-bond acceptors (Lipinski definition) is 7. The summed E-state index contributed by atoms with van der Waals surface area (Å²) in [6, 6.07) is 0.765. The normalized spacial score (nSPS) is 11.0. The Balaban J connectivity index is 3.41. The zero-order chi connectivity index (χ0) is 16.2. The largest absolute Gasteiger partial charge is 0.507 e. The molecule has 0 radical (unpaired) electrons. The van der Waals surface area contributed by atoms with E-state index in [2.05, 4.69) is 4.74 Å². The van der Waals surface area contributed by atoms with Crippen LogP contribution in [0.3, 0.4) is 0 Å². The molecule has 112 valence electrons. The highest BCUT2D eigenvalue weighted by Gasteiger charge is 2.26. The predicted molar refractivity (Wildman–Crippen MR) is 66.9 cm³/mol. The number of nitrogens with zero attached hydrogens (tertiary/aromatic N) is 2. The predicted octanol–water partition coefficient (Wildman–Crippen LogP) is 2.10. The van der Waals surface area contributed by atoms with Crippen LogP contribution in [0.25, 0.3) is 5.76 Å². The van der Waals surface area contributed by atoms with Crippen molar-refractivity contribution in [1.82, 2.24) is 0 Å². The molecule has 0 atom stereocenters. The van der Waals surface area contributed by atoms with Gasteiger partial charge < -0.3 is 9.84 Å². The Kier molecular flexibility index (Phi) is 4.89. The van der Waals surface area contributed by atoms with Crippen LogP contribution in [0, 0.1) is 26.0 Å². The fraction of sp³-hybridized carbons (Fsp3) is 0.182. The Morgan fingerprint density at radius 1 is 1.33 bits per heavy atom. The van der Waals surface area contributed by atoms with Gasteiger partial charge in [0.1, 0.15) is 5.76 Å². The molecule has 1 rings (SSSR count). The number of aliphatic hydroxyl groups excluding tert-OH is 1. The van der Waals surface area contributed by atoms with Gasteiger partial charge in [-0.15, -0.1) is 0 Å². The number of carbonyl (C=O) groups excluding carboxylic acids is 1. The molecule has 0 fully saturated rings. The average Bonchev–Trinajstić information content (AvgIpc) is 2.37. The zero-order valence-corrected chi connectivity index (χ0v) is 10.6. The van der Waals surface area contributed by atoms with Crippen LogP contribution < -0.4 is 0 Å². The van der Waals surface area contributed by atoms with Gasteiger partial charge in [0, 0.05) is 0 Å². The smallest absolute Gasteiger partial charge is 0.334 e. The fourth-order valence-electron chi connectivity index (χ4n) is 1.42. The maximum Gasteiger partial charge on any atom is 0.334 e. The lowest BCUT2D eigenvalue weighted by Crippen LogP contribution is -2.04. The molecule has 0 aliphatic rings. The first kappa shape index (κ1) is 16.0. The van der Waals surface area contributed by atoms with Crippen LogP contribution in [0.15, 0.2) is 18.2 Å². The number of carbonyl (C=O) groups is 1. The lowest BCUT2D eigenvalue weighted by molar-refractivity contribution is -0.396. The van der Waals surface area contributed by atoms with Gasteiger partial charge in [-0.05, 0) is 13.0 Å². The van der Waals surface area contributed by atoms with Crippen molar-refractivity contribution in [2.24, 2.45) is 0 Å². The molecule has 1 N–H and O–H groups in total. The van der Waals surface area contributed by atoms with Crippen molar-refractivity contribution in [3.8, 4) is 0 Å². The number of hydrogen-bond donors (Lipinski definition) is 1. The number of esters is 1. The number of benzene rings is 1. The monoisotopic (exact) mass is 300 g/mol. The third kappa shape index (κ3) is 3.72. The van der Waals surface area contributed by atoms with Gasteiger partial charge in [-0.25, -0.2) is 4.79 Å². The van der Waals surface area contributed by atoms with Crippen molar-refractivity contribution in [1.29, 1.82) is 0 Å². The van der Waals surface area contributed by atoms with E-state index in [0.717, 1.165) is 0 Å². The summed E-state index contributed by atoms with van der Waals surface area (Å²) in [5, 5.41) is 31.0. The number of rotatable bonds is 5. The second kappa shape index (κ2) is 6.41. The van der Waals surface area contributed by atoms with Crippen molar-refractivity contribution in [3.63, 3.8) is 0 Å². The molecule has 1 aromatic rings. The van der Waals surface area contributed by atoms with Crippen LogP contribution in [0.5, 0.6) is 0 Å². The van der Waals surface area contributed by atoms with E-state index in [-0.39, 0.29) is 6.61 Å². The Morgan fingerprint density at radius 3 is 2.38 bits per heavy atom. The highest BCUT2D eigenvalue weighted by atomic mass is 19.1. The maximum atomic E-state index is 13.5. The van der Waals surface area contributed by atoms with Crippen LogP contribution in [-0.4, -0.2) is 27.5 Å². The first-order valence-electron chi connectivity index (χ1n) is 5.48. The summed E-state index contributed by atoms with van der Waals surface area (Å²) in [6.07, 6.45) is 0.511. The lowest BCUT2D eigenvalue weighted by atomic mass is 10.1. The summed E-state index contributed by atoms with van der Waals surface area (Å²) in [4.78, 5) is 30.3. The van der Waals surface area contributed by atoms with Gasteiger partial charge in [-0.3, -0.25) is 20.2 Å². The Labute approximate surface area is 116 Å². The quantitative estimate of drug-likeness (QED) is 0.289. The second-order valence-electron chi connectivity index (χ2n) is 3.62. The standard InChI is InChI=1S/C11H9FN2O7/c1-2-21-11(16)5-10(15)6-3-7(12)9(14(19)20)4-8(6)13(17)18/h3-5,15H,2H2,1H3/b10-5-. The van der Waals surface area contributed by atoms with Gasteiger partial charge in [-0.2, -0.15) is 4.39 Å². The van der Waals surface area contributed by atoms with Crippen molar-refractivity contribution >= 4 is 23.1 Å². The minimum absolute atomic E-state index is 0.000666. The Hall–Kier alpha value is -3.04. The summed E-state index contributed by atoms with van der Waals surface area (Å²) < 4.78 is 18.0. The summed E-state index contributed by atoms with van der Waals surface area (Å²) in [7, 11) is 0. The van der Waals surface area contributed by atoms with Crippen LogP contribution in [0.4, 0.5) is 15.8 Å². The van der Waals surface area contributed by atoms with Crippen molar-refractivity contribution < 1.29 is 28.9 Å². The third-order valence-corrected chi connectivity index (χ3v) is 2.28. The molecule has 0 heterocycles. The van der Waals surface area contributed by atoms with E-state index >= 15 is 0 Å². The van der Waals surface area contributed by atoms with Gasteiger partial charge in [0.2, 0.25) is 5.82 Å². The average molecular weight is 300 g/mol. The maximum absolute atomic E-state index is 13.5. The summed E-state index contributed by atoms with van der Waals surface area (Å²) in [5.74, 6) is -3.32. The Morgan fingerprint density at radius 2 is 1.90 bits per heavy atom. The molecule has 21 heavy (non-hydrogen) atoms. The summed E-state index contributed by atoms with van der Waals surface area (Å²) >= 11 is 0. The molecule has 1 aromatic carbocycles. The van der Waals surface area contributed by atoms with Gasteiger partial charge in [0.05, 0.1) is 34.2 Å². The molecule has 0 aliphatic carbocycles. The fourth-order valence-corrected chi connectivity index (χ4v) is 1.42. The number of aliphatic hydroxyl groups is 1. The minimum atomic E-state index is -1.38. The van der Waals surface area contributed by atoms with Gasteiger partial charge >= 0.3 is 11.7 Å². The Bertz CT molecular complexity index is 642. The van der Waals surface area contributed by atoms with Crippen LogP contribution in [-0.2, 0) is 9.53 Å². The molecule has 0 aromatic heterocycles. The molecule has 0 unspecified atom stereocenters. The molecule has 0 aliphatic heterocycles. The van der Waals surface area contributed by atoms with Gasteiger partial charge in [-0.1, -0.05) is 0 Å². The van der Waals surface area contributed by atoms with E-state index in [9.17, 15) is 34.5 Å². The highest BCUT2D eigenvalue weighted by Crippen LogP contribution is 2.31. The van der Waals surface area contributed by atoms with Crippen molar-refractivity contribution in [2.75, 3.05) is 6.61 Å². The molecule has 9 nitrogen and oxygen atoms in total. The molecule has 10 heteroatoms. The molecule has 0 amide bonds. The number of nitro groups is 2. The van der Waals surface area contributed by atoms with Gasteiger partial charge in [0.25, 0.3) is 5.69 Å². The van der Waals surface area contributed by atoms with E-state index < -0.39 is 44.3 Å². The minimum Gasteiger partial charge on any atom is -0.507 e. The van der Waals surface area contributed by atoms with E-state index in [1.807, 2.05) is 0 Å². The molecule has 0 saturated carbocycles. The van der Waals surface area contributed by atoms with E-state index in [1.54, 1.807) is 0 Å². The van der Waals surface area contributed by atoms with Crippen LogP contribution in [0.2, 0.25) is 0 Å². The highest BCUT2D eigenvalue weighted by molar-refractivity contribution is 5.90. The number of nitro benzene ring substituents is 2. The van der Waals surface area contributed by atoms with E-state index in [4.69, 9.17) is 0 Å². The second-order valence-corrected chi connectivity index (χ2v) is 3.62. The van der Waals surface area contributed by atoms with Gasteiger partial charge in [0.15, 0.2) is 0 Å². The number of halogens is 1. The number of ether oxygens (including phenoxy) is 1. The van der Waals surface area contributed by atoms with Crippen molar-refractivity contribution in [2.45, 2.75) is 6.92 Å².